The largest absolute Gasteiger partial charge is 0.493 e. The second-order valence-electron chi connectivity index (χ2n) is 6.63. The van der Waals surface area contributed by atoms with Gasteiger partial charge in [-0.1, -0.05) is 24.3 Å². The monoisotopic (exact) mass is 428 g/mol. The Morgan fingerprint density at radius 2 is 1.06 bits per heavy atom. The molecule has 0 atom stereocenters. The molecule has 0 N–H and O–H groups in total. The van der Waals surface area contributed by atoms with E-state index in [1.165, 1.54) is 40.6 Å². The molecule has 2 rings (SSSR count). The van der Waals surface area contributed by atoms with Crippen LogP contribution >= 0.6 is 0 Å². The number of ether oxygens (including phenoxy) is 4. The predicted molar refractivity (Wildman–Crippen MR) is 117 cm³/mol. The topological polar surface area (TPSA) is 71.1 Å². The molecule has 0 heterocycles. The Labute approximate surface area is 180 Å². The molecule has 0 spiro atoms. The van der Waals surface area contributed by atoms with Gasteiger partial charge in [0.15, 0.2) is 23.0 Å². The summed E-state index contributed by atoms with van der Waals surface area (Å²) in [6.45, 7) is 0.940. The summed E-state index contributed by atoms with van der Waals surface area (Å²) in [4.78, 5) is 24.7. The fourth-order valence-corrected chi connectivity index (χ4v) is 2.69. The molecule has 164 valence electrons. The lowest BCUT2D eigenvalue weighted by Gasteiger charge is -2.13. The van der Waals surface area contributed by atoms with Crippen LogP contribution in [-0.2, 0) is 9.59 Å². The van der Waals surface area contributed by atoms with Crippen LogP contribution in [0.25, 0.3) is 12.2 Å². The Bertz CT molecular complexity index is 928. The fourth-order valence-electron chi connectivity index (χ4n) is 2.69. The number of hydrogen-bond donors (Lipinski definition) is 0. The molecular weight excluding hydrogens is 403 g/mol. The van der Waals surface area contributed by atoms with Gasteiger partial charge in [0.25, 0.3) is 0 Å². The van der Waals surface area contributed by atoms with Crippen LogP contribution in [0.1, 0.15) is 18.1 Å². The van der Waals surface area contributed by atoms with Crippen molar-refractivity contribution in [1.29, 1.82) is 0 Å². The number of carbonyl (C=O) groups excluding carboxylic acids is 2. The fraction of sp³-hybridized carbons (Fsp3) is 0.250. The van der Waals surface area contributed by atoms with E-state index in [9.17, 15) is 14.0 Å². The van der Waals surface area contributed by atoms with Gasteiger partial charge in [0, 0.05) is 0 Å². The zero-order valence-electron chi connectivity index (χ0n) is 18.1. The molecule has 0 aromatic heterocycles. The van der Waals surface area contributed by atoms with Gasteiger partial charge in [-0.3, -0.25) is 9.59 Å². The number of carbonyl (C=O) groups is 2. The minimum atomic E-state index is -2.71. The minimum absolute atomic E-state index is 0.467. The van der Waals surface area contributed by atoms with E-state index in [0.29, 0.717) is 34.1 Å². The highest BCUT2D eigenvalue weighted by Gasteiger charge is 2.37. The zero-order valence-corrected chi connectivity index (χ0v) is 18.1. The lowest BCUT2D eigenvalue weighted by molar-refractivity contribution is -0.135. The maximum Gasteiger partial charge on any atom is 0.231 e. The number of allylic oxidation sites excluding steroid dienone is 2. The number of ketones is 2. The second-order valence-corrected chi connectivity index (χ2v) is 6.63. The van der Waals surface area contributed by atoms with E-state index in [4.69, 9.17) is 18.9 Å². The molecule has 0 saturated carbocycles. The first-order chi connectivity index (χ1) is 14.8. The maximum absolute atomic E-state index is 14.9. The molecule has 0 saturated heterocycles. The Balaban J connectivity index is 2.14. The maximum atomic E-state index is 14.9. The van der Waals surface area contributed by atoms with Crippen LogP contribution in [0.15, 0.2) is 48.6 Å². The SMILES string of the molecule is COc1ccc(/C=C/C(=O)C(C)(F)C(=O)/C=C/c2ccc(OC)c(OC)c2)cc1OC. The molecule has 0 fully saturated rings. The number of benzene rings is 2. The molecule has 0 unspecified atom stereocenters. The van der Waals surface area contributed by atoms with Crippen molar-refractivity contribution in [1.82, 2.24) is 0 Å². The molecule has 2 aromatic rings. The van der Waals surface area contributed by atoms with Gasteiger partial charge in [-0.05, 0) is 54.5 Å². The van der Waals surface area contributed by atoms with Gasteiger partial charge < -0.3 is 18.9 Å². The molecule has 0 aliphatic heterocycles. The van der Waals surface area contributed by atoms with Gasteiger partial charge in [0.2, 0.25) is 17.2 Å². The van der Waals surface area contributed by atoms with Crippen LogP contribution < -0.4 is 18.9 Å². The highest BCUT2D eigenvalue weighted by Crippen LogP contribution is 2.29. The normalized spacial score (nSPS) is 11.5. The number of rotatable bonds is 10. The van der Waals surface area contributed by atoms with E-state index in [1.807, 2.05) is 0 Å². The van der Waals surface area contributed by atoms with E-state index in [2.05, 4.69) is 0 Å². The van der Waals surface area contributed by atoms with Gasteiger partial charge in [-0.25, -0.2) is 4.39 Å². The molecular formula is C24H25FO6. The van der Waals surface area contributed by atoms with Crippen molar-refractivity contribution in [3.8, 4) is 23.0 Å². The summed E-state index contributed by atoms with van der Waals surface area (Å²) in [5, 5.41) is 0. The third-order valence-corrected chi connectivity index (χ3v) is 4.59. The van der Waals surface area contributed by atoms with Crippen LogP contribution in [-0.4, -0.2) is 45.7 Å². The van der Waals surface area contributed by atoms with E-state index < -0.39 is 17.2 Å². The molecule has 0 bridgehead atoms. The average Bonchev–Trinajstić information content (AvgIpc) is 2.80. The number of hydrogen-bond acceptors (Lipinski definition) is 6. The van der Waals surface area contributed by atoms with Crippen molar-refractivity contribution in [2.75, 3.05) is 28.4 Å². The third kappa shape index (κ3) is 5.72. The Kier molecular flexibility index (Phi) is 7.96. The number of halogens is 1. The van der Waals surface area contributed by atoms with E-state index in [1.54, 1.807) is 36.4 Å². The average molecular weight is 428 g/mol. The molecule has 6 nitrogen and oxygen atoms in total. The predicted octanol–water partition coefficient (Wildman–Crippen LogP) is 4.31. The van der Waals surface area contributed by atoms with E-state index >= 15 is 0 Å². The standard InChI is InChI=1S/C24H25FO6/c1-24(25,22(26)12-8-16-6-10-18(28-2)20(14-16)30-4)23(27)13-9-17-7-11-19(29-3)21(15-17)31-5/h6-15H,1-5H3/b12-8+,13-9+. The lowest BCUT2D eigenvalue weighted by Crippen LogP contribution is -2.37. The Morgan fingerprint density at radius 3 is 1.39 bits per heavy atom. The number of alkyl halides is 1. The summed E-state index contributed by atoms with van der Waals surface area (Å²) < 4.78 is 35.6. The zero-order chi connectivity index (χ0) is 23.0. The van der Waals surface area contributed by atoms with Gasteiger partial charge in [-0.2, -0.15) is 0 Å². The molecule has 0 radical (unpaired) electrons. The lowest BCUT2D eigenvalue weighted by atomic mass is 9.95. The molecule has 0 aliphatic rings. The van der Waals surface area contributed by atoms with Crippen molar-refractivity contribution >= 4 is 23.7 Å². The quantitative estimate of drug-likeness (QED) is 0.415. The number of methoxy groups -OCH3 is 4. The van der Waals surface area contributed by atoms with Crippen molar-refractivity contribution in [2.45, 2.75) is 12.6 Å². The van der Waals surface area contributed by atoms with Crippen LogP contribution in [0.2, 0.25) is 0 Å². The summed E-state index contributed by atoms with van der Waals surface area (Å²) in [7, 11) is 5.98. The first kappa shape index (κ1) is 23.7. The Hall–Kier alpha value is -3.61. The first-order valence-electron chi connectivity index (χ1n) is 9.34. The molecule has 0 aliphatic carbocycles. The van der Waals surface area contributed by atoms with Crippen LogP contribution in [0.4, 0.5) is 4.39 Å². The van der Waals surface area contributed by atoms with Crippen molar-refractivity contribution in [3.63, 3.8) is 0 Å². The molecule has 7 heteroatoms. The minimum Gasteiger partial charge on any atom is -0.493 e. The van der Waals surface area contributed by atoms with Gasteiger partial charge in [0.1, 0.15) is 0 Å². The highest BCUT2D eigenvalue weighted by molar-refractivity contribution is 6.19. The van der Waals surface area contributed by atoms with Gasteiger partial charge in [0.05, 0.1) is 28.4 Å². The van der Waals surface area contributed by atoms with Gasteiger partial charge in [-0.15, -0.1) is 0 Å². The Morgan fingerprint density at radius 1 is 0.710 bits per heavy atom. The summed E-state index contributed by atoms with van der Waals surface area (Å²) in [6.07, 6.45) is 4.88. The second kappa shape index (κ2) is 10.4. The van der Waals surface area contributed by atoms with Crippen LogP contribution in [0, 0.1) is 0 Å². The summed E-state index contributed by atoms with van der Waals surface area (Å²) in [6, 6.07) is 9.95. The smallest absolute Gasteiger partial charge is 0.231 e. The van der Waals surface area contributed by atoms with Crippen molar-refractivity contribution < 1.29 is 32.9 Å². The van der Waals surface area contributed by atoms with E-state index in [0.717, 1.165) is 19.1 Å². The van der Waals surface area contributed by atoms with Gasteiger partial charge >= 0.3 is 0 Å². The van der Waals surface area contributed by atoms with Crippen molar-refractivity contribution in [3.05, 3.63) is 59.7 Å². The van der Waals surface area contributed by atoms with Crippen LogP contribution in [0.5, 0.6) is 23.0 Å². The van der Waals surface area contributed by atoms with Crippen LogP contribution in [0.3, 0.4) is 0 Å². The third-order valence-electron chi connectivity index (χ3n) is 4.59. The molecule has 31 heavy (non-hydrogen) atoms. The highest BCUT2D eigenvalue weighted by atomic mass is 19.1. The summed E-state index contributed by atoms with van der Waals surface area (Å²) >= 11 is 0. The van der Waals surface area contributed by atoms with E-state index in [-0.39, 0.29) is 0 Å². The summed E-state index contributed by atoms with van der Waals surface area (Å²) in [5.41, 5.74) is -1.52. The van der Waals surface area contributed by atoms with Crippen molar-refractivity contribution in [2.24, 2.45) is 0 Å². The molecule has 2 aromatic carbocycles. The first-order valence-corrected chi connectivity index (χ1v) is 9.34. The summed E-state index contributed by atoms with van der Waals surface area (Å²) in [5.74, 6) is 0.0464. The molecule has 0 amide bonds.